The van der Waals surface area contributed by atoms with Crippen molar-refractivity contribution in [3.63, 3.8) is 0 Å². The van der Waals surface area contributed by atoms with Crippen LogP contribution in [0.1, 0.15) is 15.9 Å². The number of anilines is 1. The molecule has 0 fully saturated rings. The Bertz CT molecular complexity index is 1180. The van der Waals surface area contributed by atoms with Crippen molar-refractivity contribution in [3.8, 4) is 11.6 Å². The van der Waals surface area contributed by atoms with Gasteiger partial charge in [-0.3, -0.25) is 9.59 Å². The Morgan fingerprint density at radius 3 is 2.72 bits per heavy atom. The monoisotopic (exact) mass is 386 g/mol. The van der Waals surface area contributed by atoms with Gasteiger partial charge in [-0.1, -0.05) is 24.3 Å². The summed E-state index contributed by atoms with van der Waals surface area (Å²) >= 11 is 0. The highest BCUT2D eigenvalue weighted by Gasteiger charge is 2.10. The number of primary amides is 1. The van der Waals surface area contributed by atoms with E-state index in [2.05, 4.69) is 15.3 Å². The SMILES string of the molecule is NC(=O)c1cccc(Oc2ccc(NC(=O)Cc3c[nH]c4ccccc34)cn2)c1. The average molecular weight is 386 g/mol. The number of H-pyrrole nitrogens is 1. The van der Waals surface area contributed by atoms with Crippen LogP contribution < -0.4 is 15.8 Å². The molecule has 29 heavy (non-hydrogen) atoms. The first-order valence-corrected chi connectivity index (χ1v) is 8.97. The van der Waals surface area contributed by atoms with Crippen LogP contribution in [0.5, 0.6) is 11.6 Å². The molecule has 2 aromatic heterocycles. The third-order valence-electron chi connectivity index (χ3n) is 4.39. The number of nitrogens with zero attached hydrogens (tertiary/aromatic N) is 1. The average Bonchev–Trinajstić information content (AvgIpc) is 3.12. The van der Waals surface area contributed by atoms with Crippen molar-refractivity contribution in [3.05, 3.63) is 84.2 Å². The molecule has 0 aliphatic heterocycles. The number of nitrogens with one attached hydrogen (secondary N) is 2. The van der Waals surface area contributed by atoms with Gasteiger partial charge in [-0.05, 0) is 35.9 Å². The number of hydrogen-bond acceptors (Lipinski definition) is 4. The number of rotatable bonds is 6. The number of para-hydroxylation sites is 1. The van der Waals surface area contributed by atoms with Crippen molar-refractivity contribution in [1.29, 1.82) is 0 Å². The third kappa shape index (κ3) is 4.24. The maximum absolute atomic E-state index is 12.4. The number of ether oxygens (including phenoxy) is 1. The van der Waals surface area contributed by atoms with Crippen LogP contribution in [0.3, 0.4) is 0 Å². The van der Waals surface area contributed by atoms with Crippen LogP contribution in [0.2, 0.25) is 0 Å². The highest BCUT2D eigenvalue weighted by atomic mass is 16.5. The maximum atomic E-state index is 12.4. The topological polar surface area (TPSA) is 110 Å². The van der Waals surface area contributed by atoms with Crippen LogP contribution in [0, 0.1) is 0 Å². The fourth-order valence-corrected chi connectivity index (χ4v) is 3.00. The number of amides is 2. The summed E-state index contributed by atoms with van der Waals surface area (Å²) in [7, 11) is 0. The highest BCUT2D eigenvalue weighted by Crippen LogP contribution is 2.22. The van der Waals surface area contributed by atoms with E-state index < -0.39 is 5.91 Å². The highest BCUT2D eigenvalue weighted by molar-refractivity contribution is 5.95. The lowest BCUT2D eigenvalue weighted by Crippen LogP contribution is -2.14. The van der Waals surface area contributed by atoms with Gasteiger partial charge in [-0.25, -0.2) is 4.98 Å². The number of aromatic amines is 1. The van der Waals surface area contributed by atoms with Gasteiger partial charge in [0, 0.05) is 28.7 Å². The molecule has 2 heterocycles. The summed E-state index contributed by atoms with van der Waals surface area (Å²) in [6.45, 7) is 0. The summed E-state index contributed by atoms with van der Waals surface area (Å²) in [5.41, 5.74) is 8.11. The second kappa shape index (κ2) is 7.85. The molecule has 0 spiro atoms. The van der Waals surface area contributed by atoms with Gasteiger partial charge in [-0.15, -0.1) is 0 Å². The predicted octanol–water partition coefficient (Wildman–Crippen LogP) is 3.64. The van der Waals surface area contributed by atoms with Crippen molar-refractivity contribution in [1.82, 2.24) is 9.97 Å². The van der Waals surface area contributed by atoms with E-state index in [1.165, 1.54) is 6.20 Å². The Hall–Kier alpha value is -4.13. The summed E-state index contributed by atoms with van der Waals surface area (Å²) in [6, 6.07) is 17.7. The van der Waals surface area contributed by atoms with Gasteiger partial charge in [0.15, 0.2) is 0 Å². The van der Waals surface area contributed by atoms with Gasteiger partial charge < -0.3 is 20.8 Å². The first-order valence-electron chi connectivity index (χ1n) is 8.97. The third-order valence-corrected chi connectivity index (χ3v) is 4.39. The lowest BCUT2D eigenvalue weighted by molar-refractivity contribution is -0.115. The molecule has 0 atom stereocenters. The fourth-order valence-electron chi connectivity index (χ4n) is 3.00. The van der Waals surface area contributed by atoms with Gasteiger partial charge >= 0.3 is 0 Å². The van der Waals surface area contributed by atoms with Crippen LogP contribution >= 0.6 is 0 Å². The van der Waals surface area contributed by atoms with E-state index in [1.54, 1.807) is 36.4 Å². The predicted molar refractivity (Wildman–Crippen MR) is 110 cm³/mol. The Kier molecular flexibility index (Phi) is 4.94. The van der Waals surface area contributed by atoms with Crippen molar-refractivity contribution in [2.45, 2.75) is 6.42 Å². The molecule has 7 nitrogen and oxygen atoms in total. The Morgan fingerprint density at radius 1 is 1.07 bits per heavy atom. The normalized spacial score (nSPS) is 10.6. The lowest BCUT2D eigenvalue weighted by Gasteiger charge is -2.08. The van der Waals surface area contributed by atoms with E-state index in [4.69, 9.17) is 10.5 Å². The first kappa shape index (κ1) is 18.2. The number of fused-ring (bicyclic) bond motifs is 1. The van der Waals surface area contributed by atoms with Crippen LogP contribution in [-0.4, -0.2) is 21.8 Å². The molecule has 2 aromatic carbocycles. The van der Waals surface area contributed by atoms with Crippen LogP contribution in [0.4, 0.5) is 5.69 Å². The van der Waals surface area contributed by atoms with Gasteiger partial charge in [-0.2, -0.15) is 0 Å². The molecule has 0 saturated carbocycles. The summed E-state index contributed by atoms with van der Waals surface area (Å²) in [5.74, 6) is 0.113. The molecular formula is C22H18N4O3. The lowest BCUT2D eigenvalue weighted by atomic mass is 10.1. The molecule has 0 unspecified atom stereocenters. The van der Waals surface area contributed by atoms with Crippen molar-refractivity contribution in [2.24, 2.45) is 5.73 Å². The van der Waals surface area contributed by atoms with Gasteiger partial charge in [0.1, 0.15) is 5.75 Å². The van der Waals surface area contributed by atoms with Crippen molar-refractivity contribution in [2.75, 3.05) is 5.32 Å². The molecule has 4 N–H and O–H groups in total. The van der Waals surface area contributed by atoms with Crippen LogP contribution in [0.25, 0.3) is 10.9 Å². The quantitative estimate of drug-likeness (QED) is 0.470. The number of carbonyl (C=O) groups excluding carboxylic acids is 2. The summed E-state index contributed by atoms with van der Waals surface area (Å²) < 4.78 is 5.63. The number of aromatic nitrogens is 2. The zero-order valence-electron chi connectivity index (χ0n) is 15.4. The summed E-state index contributed by atoms with van der Waals surface area (Å²) in [5, 5.41) is 3.86. The Morgan fingerprint density at radius 2 is 1.93 bits per heavy atom. The van der Waals surface area contributed by atoms with E-state index in [0.717, 1.165) is 16.5 Å². The largest absolute Gasteiger partial charge is 0.439 e. The fraction of sp³-hybridized carbons (Fsp3) is 0.0455. The standard InChI is InChI=1S/C22H18N4O3/c23-22(28)14-4-3-5-17(10-14)29-21-9-8-16(13-25-21)26-20(27)11-15-12-24-19-7-2-1-6-18(15)19/h1-10,12-13,24H,11H2,(H2,23,28)(H,26,27). The molecule has 0 bridgehead atoms. The van der Waals surface area contributed by atoms with E-state index in [0.29, 0.717) is 22.9 Å². The molecular weight excluding hydrogens is 368 g/mol. The van der Waals surface area contributed by atoms with E-state index in [-0.39, 0.29) is 12.3 Å². The van der Waals surface area contributed by atoms with Gasteiger partial charge in [0.2, 0.25) is 17.7 Å². The number of pyridine rings is 1. The zero-order chi connectivity index (χ0) is 20.2. The molecule has 0 saturated heterocycles. The minimum absolute atomic E-state index is 0.139. The zero-order valence-corrected chi connectivity index (χ0v) is 15.4. The molecule has 144 valence electrons. The molecule has 7 heteroatoms. The van der Waals surface area contributed by atoms with Crippen LogP contribution in [-0.2, 0) is 11.2 Å². The summed E-state index contributed by atoms with van der Waals surface area (Å²) in [4.78, 5) is 31.0. The maximum Gasteiger partial charge on any atom is 0.248 e. The van der Waals surface area contributed by atoms with Crippen molar-refractivity contribution >= 4 is 28.4 Å². The molecule has 4 rings (SSSR count). The molecule has 0 aliphatic carbocycles. The second-order valence-corrected chi connectivity index (χ2v) is 6.46. The van der Waals surface area contributed by atoms with E-state index in [9.17, 15) is 9.59 Å². The first-order chi connectivity index (χ1) is 14.1. The molecule has 4 aromatic rings. The minimum Gasteiger partial charge on any atom is -0.439 e. The minimum atomic E-state index is -0.531. The number of nitrogens with two attached hydrogens (primary N) is 1. The van der Waals surface area contributed by atoms with E-state index >= 15 is 0 Å². The van der Waals surface area contributed by atoms with Gasteiger partial charge in [0.05, 0.1) is 18.3 Å². The Balaban J connectivity index is 1.39. The van der Waals surface area contributed by atoms with Gasteiger partial charge in [0.25, 0.3) is 0 Å². The second-order valence-electron chi connectivity index (χ2n) is 6.46. The van der Waals surface area contributed by atoms with Crippen LogP contribution in [0.15, 0.2) is 73.1 Å². The Labute approximate surface area is 166 Å². The smallest absolute Gasteiger partial charge is 0.248 e. The summed E-state index contributed by atoms with van der Waals surface area (Å²) in [6.07, 6.45) is 3.61. The number of carbonyl (C=O) groups is 2. The molecule has 2 amide bonds. The van der Waals surface area contributed by atoms with Crippen molar-refractivity contribution < 1.29 is 14.3 Å². The number of hydrogen-bond donors (Lipinski definition) is 3. The van der Waals surface area contributed by atoms with E-state index in [1.807, 2.05) is 30.5 Å². The molecule has 0 radical (unpaired) electrons. The number of benzene rings is 2. The molecule has 0 aliphatic rings.